The molecule has 0 radical (unpaired) electrons. The van der Waals surface area contributed by atoms with E-state index in [4.69, 9.17) is 22.7 Å². The summed E-state index contributed by atoms with van der Waals surface area (Å²) < 4.78 is 4.98. The van der Waals surface area contributed by atoms with Gasteiger partial charge < -0.3 is 20.7 Å². The SMILES string of the molecule is CCOC(=O)N1CCC(NC(=O)C2(C(N)=S)CCC2)CC1. The number of nitrogens with one attached hydrogen (secondary N) is 1. The third-order valence-corrected chi connectivity index (χ3v) is 4.86. The van der Waals surface area contributed by atoms with Crippen molar-refractivity contribution in [1.29, 1.82) is 0 Å². The molecule has 1 aliphatic heterocycles. The molecule has 1 heterocycles. The normalized spacial score (nSPS) is 21.3. The number of hydrogen-bond donors (Lipinski definition) is 2. The summed E-state index contributed by atoms with van der Waals surface area (Å²) in [6.07, 6.45) is 3.68. The van der Waals surface area contributed by atoms with Gasteiger partial charge in [0.2, 0.25) is 5.91 Å². The van der Waals surface area contributed by atoms with Gasteiger partial charge in [0, 0.05) is 19.1 Å². The van der Waals surface area contributed by atoms with Crippen molar-refractivity contribution < 1.29 is 14.3 Å². The predicted molar refractivity (Wildman–Crippen MR) is 82.8 cm³/mol. The highest BCUT2D eigenvalue weighted by atomic mass is 32.1. The average molecular weight is 313 g/mol. The smallest absolute Gasteiger partial charge is 0.409 e. The van der Waals surface area contributed by atoms with E-state index in [0.717, 1.165) is 32.1 Å². The van der Waals surface area contributed by atoms with E-state index >= 15 is 0 Å². The van der Waals surface area contributed by atoms with Gasteiger partial charge in [0.25, 0.3) is 0 Å². The Morgan fingerprint density at radius 2 is 2.00 bits per heavy atom. The first-order valence-electron chi connectivity index (χ1n) is 7.52. The zero-order valence-corrected chi connectivity index (χ0v) is 13.2. The average Bonchev–Trinajstić information content (AvgIpc) is 2.37. The summed E-state index contributed by atoms with van der Waals surface area (Å²) in [6, 6.07) is 0.0787. The number of piperidine rings is 1. The zero-order chi connectivity index (χ0) is 15.5. The van der Waals surface area contributed by atoms with Crippen LogP contribution in [0, 0.1) is 5.41 Å². The van der Waals surface area contributed by atoms with E-state index in [1.54, 1.807) is 11.8 Å². The Bertz CT molecular complexity index is 429. The van der Waals surface area contributed by atoms with Crippen LogP contribution in [0.1, 0.15) is 39.0 Å². The molecule has 0 bridgehead atoms. The van der Waals surface area contributed by atoms with Crippen molar-refractivity contribution in [2.24, 2.45) is 11.1 Å². The van der Waals surface area contributed by atoms with Crippen molar-refractivity contribution in [1.82, 2.24) is 10.2 Å². The molecule has 3 N–H and O–H groups in total. The summed E-state index contributed by atoms with van der Waals surface area (Å²) in [5.74, 6) is -0.0455. The van der Waals surface area contributed by atoms with Crippen LogP contribution in [0.5, 0.6) is 0 Å². The second-order valence-corrected chi connectivity index (χ2v) is 6.17. The highest BCUT2D eigenvalue weighted by Gasteiger charge is 2.47. The minimum Gasteiger partial charge on any atom is -0.450 e. The fourth-order valence-electron chi connectivity index (χ4n) is 2.86. The molecule has 0 aromatic rings. The van der Waals surface area contributed by atoms with Gasteiger partial charge in [0.15, 0.2) is 0 Å². The Morgan fingerprint density at radius 3 is 2.43 bits per heavy atom. The number of nitrogens with zero attached hydrogens (tertiary/aromatic N) is 1. The minimum absolute atomic E-state index is 0.0455. The lowest BCUT2D eigenvalue weighted by molar-refractivity contribution is -0.131. The molecule has 2 aliphatic rings. The minimum atomic E-state index is -0.631. The number of carbonyl (C=O) groups is 2. The van der Waals surface area contributed by atoms with Crippen LogP contribution in [0.25, 0.3) is 0 Å². The molecule has 0 aromatic carbocycles. The molecule has 118 valence electrons. The Hall–Kier alpha value is -1.37. The molecule has 21 heavy (non-hydrogen) atoms. The predicted octanol–water partition coefficient (Wildman–Crippen LogP) is 1.18. The molecular formula is C14H23N3O3S. The first-order chi connectivity index (χ1) is 9.99. The van der Waals surface area contributed by atoms with Crippen molar-refractivity contribution in [3.8, 4) is 0 Å². The largest absolute Gasteiger partial charge is 0.450 e. The van der Waals surface area contributed by atoms with Crippen LogP contribution in [-0.2, 0) is 9.53 Å². The molecule has 7 heteroatoms. The van der Waals surface area contributed by atoms with Crippen LogP contribution in [-0.4, -0.2) is 47.6 Å². The van der Waals surface area contributed by atoms with Crippen molar-refractivity contribution in [2.75, 3.05) is 19.7 Å². The van der Waals surface area contributed by atoms with Gasteiger partial charge in [-0.15, -0.1) is 0 Å². The Kier molecular flexibility index (Phi) is 5.03. The molecule has 6 nitrogen and oxygen atoms in total. The molecule has 0 unspecified atom stereocenters. The Labute approximate surface area is 130 Å². The number of likely N-dealkylation sites (tertiary alicyclic amines) is 1. The van der Waals surface area contributed by atoms with Crippen molar-refractivity contribution >= 4 is 29.2 Å². The number of hydrogen-bond acceptors (Lipinski definition) is 4. The maximum atomic E-state index is 12.4. The standard InChI is InChI=1S/C14H23N3O3S/c1-2-20-13(19)17-8-4-10(5-9-17)16-12(18)14(11(15)21)6-3-7-14/h10H,2-9H2,1H3,(H2,15,21)(H,16,18). The van der Waals surface area contributed by atoms with Gasteiger partial charge >= 0.3 is 6.09 Å². The molecule has 0 atom stereocenters. The molecule has 0 aromatic heterocycles. The number of carbonyl (C=O) groups excluding carboxylic acids is 2. The van der Waals surface area contributed by atoms with E-state index in [9.17, 15) is 9.59 Å². The van der Waals surface area contributed by atoms with E-state index in [-0.39, 0.29) is 18.0 Å². The number of rotatable bonds is 4. The van der Waals surface area contributed by atoms with Crippen molar-refractivity contribution in [3.05, 3.63) is 0 Å². The monoisotopic (exact) mass is 313 g/mol. The number of ether oxygens (including phenoxy) is 1. The van der Waals surface area contributed by atoms with E-state index < -0.39 is 5.41 Å². The van der Waals surface area contributed by atoms with E-state index in [1.165, 1.54) is 0 Å². The summed E-state index contributed by atoms with van der Waals surface area (Å²) in [5.41, 5.74) is 5.10. The van der Waals surface area contributed by atoms with Crippen LogP contribution < -0.4 is 11.1 Å². The maximum Gasteiger partial charge on any atom is 0.409 e. The molecule has 2 amide bonds. The lowest BCUT2D eigenvalue weighted by Crippen LogP contribution is -2.56. The molecule has 2 fully saturated rings. The summed E-state index contributed by atoms with van der Waals surface area (Å²) >= 11 is 5.05. The number of thiocarbonyl (C=S) groups is 1. The van der Waals surface area contributed by atoms with Crippen molar-refractivity contribution in [3.63, 3.8) is 0 Å². The van der Waals surface area contributed by atoms with E-state index in [0.29, 0.717) is 24.7 Å². The fraction of sp³-hybridized carbons (Fsp3) is 0.786. The molecule has 1 aliphatic carbocycles. The molecule has 0 spiro atoms. The van der Waals surface area contributed by atoms with Gasteiger partial charge in [-0.25, -0.2) is 4.79 Å². The summed E-state index contributed by atoms with van der Waals surface area (Å²) in [4.78, 5) is 26.0. The first-order valence-corrected chi connectivity index (χ1v) is 7.93. The van der Waals surface area contributed by atoms with Gasteiger partial charge in [0.1, 0.15) is 0 Å². The van der Waals surface area contributed by atoms with E-state index in [2.05, 4.69) is 5.32 Å². The first kappa shape index (κ1) is 16.0. The maximum absolute atomic E-state index is 12.4. The summed E-state index contributed by atoms with van der Waals surface area (Å²) in [7, 11) is 0. The van der Waals surface area contributed by atoms with Crippen LogP contribution in [0.2, 0.25) is 0 Å². The topological polar surface area (TPSA) is 84.7 Å². The Balaban J connectivity index is 1.82. The lowest BCUT2D eigenvalue weighted by atomic mass is 9.68. The van der Waals surface area contributed by atoms with Gasteiger partial charge in [0.05, 0.1) is 17.0 Å². The lowest BCUT2D eigenvalue weighted by Gasteiger charge is -2.41. The molecule has 2 rings (SSSR count). The van der Waals surface area contributed by atoms with Gasteiger partial charge in [-0.05, 0) is 32.6 Å². The summed E-state index contributed by atoms with van der Waals surface area (Å²) in [5, 5.41) is 3.05. The third kappa shape index (κ3) is 3.28. The van der Waals surface area contributed by atoms with Crippen LogP contribution in [0.15, 0.2) is 0 Å². The number of nitrogens with two attached hydrogens (primary N) is 1. The van der Waals surface area contributed by atoms with Crippen LogP contribution >= 0.6 is 12.2 Å². The Morgan fingerprint density at radius 1 is 1.38 bits per heavy atom. The van der Waals surface area contributed by atoms with E-state index in [1.807, 2.05) is 0 Å². The molecule has 1 saturated carbocycles. The third-order valence-electron chi connectivity index (χ3n) is 4.47. The van der Waals surface area contributed by atoms with Gasteiger partial charge in [-0.2, -0.15) is 0 Å². The second-order valence-electron chi connectivity index (χ2n) is 5.73. The van der Waals surface area contributed by atoms with Gasteiger partial charge in [-0.3, -0.25) is 4.79 Å². The molecule has 1 saturated heterocycles. The summed E-state index contributed by atoms with van der Waals surface area (Å²) in [6.45, 7) is 3.37. The zero-order valence-electron chi connectivity index (χ0n) is 12.4. The van der Waals surface area contributed by atoms with Crippen LogP contribution in [0.3, 0.4) is 0 Å². The molecular weight excluding hydrogens is 290 g/mol. The van der Waals surface area contributed by atoms with Crippen LogP contribution in [0.4, 0.5) is 4.79 Å². The fourth-order valence-corrected chi connectivity index (χ4v) is 3.16. The quantitative estimate of drug-likeness (QED) is 0.761. The highest BCUT2D eigenvalue weighted by molar-refractivity contribution is 7.80. The number of amides is 2. The second kappa shape index (κ2) is 6.60. The van der Waals surface area contributed by atoms with Gasteiger partial charge in [-0.1, -0.05) is 18.6 Å². The highest BCUT2D eigenvalue weighted by Crippen LogP contribution is 2.41. The van der Waals surface area contributed by atoms with Crippen molar-refractivity contribution in [2.45, 2.75) is 45.1 Å².